The third-order valence-corrected chi connectivity index (χ3v) is 3.34. The molecule has 21 heavy (non-hydrogen) atoms. The number of carbonyl (C=O) groups is 1. The quantitative estimate of drug-likeness (QED) is 0.882. The highest BCUT2D eigenvalue weighted by Gasteiger charge is 2.35. The van der Waals surface area contributed by atoms with E-state index in [0.717, 1.165) is 25.0 Å². The number of hydrogen-bond donors (Lipinski definition) is 2. The summed E-state index contributed by atoms with van der Waals surface area (Å²) in [5, 5.41) is 14.0. The molecule has 0 radical (unpaired) electrons. The topological polar surface area (TPSA) is 64.9 Å². The van der Waals surface area contributed by atoms with E-state index in [-0.39, 0.29) is 11.3 Å². The number of benzene rings is 1. The van der Waals surface area contributed by atoms with Crippen molar-refractivity contribution in [3.05, 3.63) is 29.3 Å². The predicted octanol–water partition coefficient (Wildman–Crippen LogP) is 2.66. The molecule has 7 heteroatoms. The first kappa shape index (κ1) is 15.3. The molecule has 112 valence electrons. The molecule has 1 fully saturated rings. The molecule has 0 aromatic heterocycles. The van der Waals surface area contributed by atoms with E-state index >= 15 is 0 Å². The zero-order valence-corrected chi connectivity index (χ0v) is 11.1. The van der Waals surface area contributed by atoms with Gasteiger partial charge in [-0.15, -0.1) is 0 Å². The zero-order chi connectivity index (χ0) is 15.5. The van der Waals surface area contributed by atoms with Crippen LogP contribution < -0.4 is 10.6 Å². The largest absolute Gasteiger partial charge is 0.418 e. The number of alkyl halides is 3. The Morgan fingerprint density at radius 2 is 2.14 bits per heavy atom. The summed E-state index contributed by atoms with van der Waals surface area (Å²) in [6, 6.07) is 4.28. The molecule has 1 unspecified atom stereocenters. The van der Waals surface area contributed by atoms with Gasteiger partial charge in [0.1, 0.15) is 0 Å². The van der Waals surface area contributed by atoms with E-state index in [9.17, 15) is 18.0 Å². The van der Waals surface area contributed by atoms with E-state index in [1.165, 1.54) is 6.07 Å². The van der Waals surface area contributed by atoms with E-state index in [1.54, 1.807) is 6.07 Å². The van der Waals surface area contributed by atoms with Crippen LogP contribution >= 0.6 is 0 Å². The minimum absolute atomic E-state index is 0.101. The molecule has 0 aliphatic carbocycles. The monoisotopic (exact) mass is 297 g/mol. The number of nitrogens with one attached hydrogen (secondary N) is 2. The average molecular weight is 297 g/mol. The summed E-state index contributed by atoms with van der Waals surface area (Å²) in [4.78, 5) is 12.0. The summed E-state index contributed by atoms with van der Waals surface area (Å²) < 4.78 is 38.9. The van der Waals surface area contributed by atoms with Gasteiger partial charge in [-0.1, -0.05) is 6.42 Å². The van der Waals surface area contributed by atoms with Gasteiger partial charge in [0.15, 0.2) is 0 Å². The molecule has 2 N–H and O–H groups in total. The molecule has 1 aromatic rings. The van der Waals surface area contributed by atoms with Crippen LogP contribution in [0.5, 0.6) is 0 Å². The third-order valence-electron chi connectivity index (χ3n) is 3.34. The molecular formula is C14H14F3N3O. The number of piperidine rings is 1. The summed E-state index contributed by atoms with van der Waals surface area (Å²) in [6.07, 6.45) is -2.21. The number of nitriles is 1. The molecule has 0 saturated carbocycles. The SMILES string of the molecule is N#Cc1ccc(NC(=O)C2CCCCN2)c(C(F)(F)F)c1. The summed E-state index contributed by atoms with van der Waals surface area (Å²) in [7, 11) is 0. The van der Waals surface area contributed by atoms with Crippen molar-refractivity contribution < 1.29 is 18.0 Å². The number of carbonyl (C=O) groups excluding carboxylic acids is 1. The fourth-order valence-corrected chi connectivity index (χ4v) is 2.25. The molecule has 1 heterocycles. The van der Waals surface area contributed by atoms with Gasteiger partial charge >= 0.3 is 6.18 Å². The number of rotatable bonds is 2. The highest BCUT2D eigenvalue weighted by atomic mass is 19.4. The van der Waals surface area contributed by atoms with Crippen molar-refractivity contribution in [2.75, 3.05) is 11.9 Å². The van der Waals surface area contributed by atoms with Gasteiger partial charge in [0.25, 0.3) is 0 Å². The van der Waals surface area contributed by atoms with Gasteiger partial charge in [0.05, 0.1) is 28.9 Å². The van der Waals surface area contributed by atoms with Crippen molar-refractivity contribution in [2.24, 2.45) is 0 Å². The maximum Gasteiger partial charge on any atom is 0.418 e. The Hall–Kier alpha value is -2.07. The Morgan fingerprint density at radius 1 is 1.38 bits per heavy atom. The molecule has 1 aliphatic rings. The third kappa shape index (κ3) is 3.73. The highest BCUT2D eigenvalue weighted by molar-refractivity contribution is 5.95. The first-order valence-electron chi connectivity index (χ1n) is 6.57. The molecule has 0 bridgehead atoms. The molecule has 1 atom stereocenters. The summed E-state index contributed by atoms with van der Waals surface area (Å²) in [5.74, 6) is -0.482. The van der Waals surface area contributed by atoms with Crippen LogP contribution in [0.15, 0.2) is 18.2 Å². The average Bonchev–Trinajstić information content (AvgIpc) is 2.47. The van der Waals surface area contributed by atoms with Gasteiger partial charge < -0.3 is 10.6 Å². The predicted molar refractivity (Wildman–Crippen MR) is 70.4 cm³/mol. The van der Waals surface area contributed by atoms with Gasteiger partial charge in [0.2, 0.25) is 5.91 Å². The second-order valence-electron chi connectivity index (χ2n) is 4.86. The fraction of sp³-hybridized carbons (Fsp3) is 0.429. The maximum absolute atomic E-state index is 13.0. The van der Waals surface area contributed by atoms with Gasteiger partial charge in [-0.25, -0.2) is 0 Å². The van der Waals surface area contributed by atoms with Gasteiger partial charge in [-0.05, 0) is 37.6 Å². The van der Waals surface area contributed by atoms with Crippen LogP contribution in [0.4, 0.5) is 18.9 Å². The van der Waals surface area contributed by atoms with Crippen molar-refractivity contribution in [3.8, 4) is 6.07 Å². The molecule has 1 amide bonds. The van der Waals surface area contributed by atoms with E-state index in [1.807, 2.05) is 0 Å². The van der Waals surface area contributed by atoms with Gasteiger partial charge in [0, 0.05) is 0 Å². The first-order chi connectivity index (χ1) is 9.91. The van der Waals surface area contributed by atoms with E-state index in [2.05, 4.69) is 10.6 Å². The van der Waals surface area contributed by atoms with E-state index < -0.39 is 23.7 Å². The second kappa shape index (κ2) is 6.14. The zero-order valence-electron chi connectivity index (χ0n) is 11.1. The summed E-state index contributed by atoms with van der Waals surface area (Å²) >= 11 is 0. The smallest absolute Gasteiger partial charge is 0.324 e. The summed E-state index contributed by atoms with van der Waals surface area (Å²) in [5.41, 5.74) is -1.43. The van der Waals surface area contributed by atoms with Crippen LogP contribution in [0.1, 0.15) is 30.4 Å². The Labute approximate surface area is 119 Å². The number of halogens is 3. The Bertz CT molecular complexity index is 572. The lowest BCUT2D eigenvalue weighted by Gasteiger charge is -2.23. The molecule has 1 saturated heterocycles. The van der Waals surface area contributed by atoms with E-state index in [4.69, 9.17) is 5.26 Å². The lowest BCUT2D eigenvalue weighted by Crippen LogP contribution is -2.43. The molecule has 4 nitrogen and oxygen atoms in total. The van der Waals surface area contributed by atoms with Gasteiger partial charge in [-0.2, -0.15) is 18.4 Å². The Morgan fingerprint density at radius 3 is 2.71 bits per heavy atom. The van der Waals surface area contributed by atoms with Crippen molar-refractivity contribution >= 4 is 11.6 Å². The van der Waals surface area contributed by atoms with Crippen LogP contribution in [0.3, 0.4) is 0 Å². The standard InChI is InChI=1S/C14H14F3N3O/c15-14(16,17)10-7-9(8-18)4-5-11(10)20-13(21)12-3-1-2-6-19-12/h4-5,7,12,19H,1-3,6H2,(H,20,21). The van der Waals surface area contributed by atoms with Crippen LogP contribution in [0.2, 0.25) is 0 Å². The number of anilines is 1. The number of amides is 1. The van der Waals surface area contributed by atoms with Crippen molar-refractivity contribution in [1.82, 2.24) is 5.32 Å². The minimum Gasteiger partial charge on any atom is -0.324 e. The van der Waals surface area contributed by atoms with Crippen LogP contribution in [0, 0.1) is 11.3 Å². The maximum atomic E-state index is 13.0. The molecule has 1 aliphatic heterocycles. The Balaban J connectivity index is 2.23. The fourth-order valence-electron chi connectivity index (χ4n) is 2.25. The molecule has 1 aromatic carbocycles. The van der Waals surface area contributed by atoms with Crippen molar-refractivity contribution in [1.29, 1.82) is 5.26 Å². The minimum atomic E-state index is -4.63. The molecule has 2 rings (SSSR count). The van der Waals surface area contributed by atoms with Gasteiger partial charge in [-0.3, -0.25) is 4.79 Å². The lowest BCUT2D eigenvalue weighted by molar-refractivity contribution is -0.137. The molecular weight excluding hydrogens is 283 g/mol. The lowest BCUT2D eigenvalue weighted by atomic mass is 10.0. The van der Waals surface area contributed by atoms with Crippen LogP contribution in [0.25, 0.3) is 0 Å². The Kier molecular flexibility index (Phi) is 4.48. The highest BCUT2D eigenvalue weighted by Crippen LogP contribution is 2.35. The van der Waals surface area contributed by atoms with Crippen molar-refractivity contribution in [3.63, 3.8) is 0 Å². The first-order valence-corrected chi connectivity index (χ1v) is 6.57. The number of hydrogen-bond acceptors (Lipinski definition) is 3. The normalized spacial score (nSPS) is 18.9. The van der Waals surface area contributed by atoms with Crippen molar-refractivity contribution in [2.45, 2.75) is 31.5 Å². The van der Waals surface area contributed by atoms with E-state index in [0.29, 0.717) is 13.0 Å². The molecule has 0 spiro atoms. The summed E-state index contributed by atoms with van der Waals surface area (Å²) in [6.45, 7) is 0.678. The second-order valence-corrected chi connectivity index (χ2v) is 4.86. The van der Waals surface area contributed by atoms with Crippen LogP contribution in [-0.2, 0) is 11.0 Å². The van der Waals surface area contributed by atoms with Crippen LogP contribution in [-0.4, -0.2) is 18.5 Å². The number of nitrogens with zero attached hydrogens (tertiary/aromatic N) is 1.